The highest BCUT2D eigenvalue weighted by molar-refractivity contribution is 6.10. The van der Waals surface area contributed by atoms with Crippen molar-refractivity contribution in [2.75, 3.05) is 6.54 Å². The Hall–Kier alpha value is -8.61. The lowest BCUT2D eigenvalue weighted by Gasteiger charge is -2.33. The van der Waals surface area contributed by atoms with Gasteiger partial charge in [-0.3, -0.25) is 4.99 Å². The third kappa shape index (κ3) is 11.2. The van der Waals surface area contributed by atoms with E-state index >= 15 is 0 Å². The Morgan fingerprint density at radius 1 is 0.848 bits per heavy atom. The van der Waals surface area contributed by atoms with Gasteiger partial charge in [-0.25, -0.2) is 15.0 Å². The number of allylic oxidation sites excluding steroid dienone is 21. The Balaban J connectivity index is 0.00000185. The summed E-state index contributed by atoms with van der Waals surface area (Å²) < 4.78 is 6.93. The predicted molar refractivity (Wildman–Crippen MR) is 337 cm³/mol. The zero-order valence-corrected chi connectivity index (χ0v) is 47.0. The van der Waals surface area contributed by atoms with Gasteiger partial charge in [0.15, 0.2) is 5.82 Å². The maximum atomic E-state index is 9.81. The van der Waals surface area contributed by atoms with E-state index in [2.05, 4.69) is 197 Å². The number of rotatable bonds is 12. The fourth-order valence-corrected chi connectivity index (χ4v) is 11.4. The van der Waals surface area contributed by atoms with E-state index in [4.69, 9.17) is 24.4 Å². The maximum Gasteiger partial charge on any atom is 0.160 e. The summed E-state index contributed by atoms with van der Waals surface area (Å²) in [5.74, 6) is 2.21. The molecule has 2 aromatic heterocycles. The number of aryl methyl sites for hydroxylation is 1. The summed E-state index contributed by atoms with van der Waals surface area (Å²) in [4.78, 5) is 20.8. The summed E-state index contributed by atoms with van der Waals surface area (Å²) in [6.45, 7) is 18.7. The highest BCUT2D eigenvalue weighted by Gasteiger charge is 2.56. The molecule has 4 aromatic carbocycles. The molecule has 0 aliphatic heterocycles. The molecule has 5 aliphatic rings. The van der Waals surface area contributed by atoms with Crippen molar-refractivity contribution in [2.45, 2.75) is 91.9 Å². The van der Waals surface area contributed by atoms with Gasteiger partial charge < -0.3 is 9.83 Å². The monoisotopic (exact) mass is 1040 g/mol. The lowest BCUT2D eigenvalue weighted by atomic mass is 9.68. The van der Waals surface area contributed by atoms with E-state index in [0.29, 0.717) is 11.5 Å². The molecule has 0 bridgehead atoms. The Bertz CT molecular complexity index is 3670. The molecule has 0 fully saturated rings. The second-order valence-corrected chi connectivity index (χ2v) is 19.7. The van der Waals surface area contributed by atoms with Crippen LogP contribution in [0.4, 0.5) is 0 Å². The van der Waals surface area contributed by atoms with Gasteiger partial charge in [0.1, 0.15) is 17.2 Å². The van der Waals surface area contributed by atoms with Gasteiger partial charge in [0.25, 0.3) is 0 Å². The van der Waals surface area contributed by atoms with E-state index in [1.54, 1.807) is 0 Å². The summed E-state index contributed by atoms with van der Waals surface area (Å²) >= 11 is 0. The fraction of sp³-hybridized carbons (Fsp3) is 0.219. The largest absolute Gasteiger partial charge is 0.456 e. The van der Waals surface area contributed by atoms with Crippen LogP contribution >= 0.6 is 0 Å². The minimum absolute atomic E-state index is 0.0327. The van der Waals surface area contributed by atoms with E-state index in [0.717, 1.165) is 116 Å². The van der Waals surface area contributed by atoms with Gasteiger partial charge >= 0.3 is 0 Å². The van der Waals surface area contributed by atoms with Crippen LogP contribution in [-0.2, 0) is 5.41 Å². The summed E-state index contributed by atoms with van der Waals surface area (Å²) in [7, 11) is 0. The molecule has 396 valence electrons. The minimum Gasteiger partial charge on any atom is -0.456 e. The number of hydrogen-bond donors (Lipinski definition) is 1. The van der Waals surface area contributed by atoms with Gasteiger partial charge in [-0.1, -0.05) is 222 Å². The molecular formula is C73H73N5O. The third-order valence-corrected chi connectivity index (χ3v) is 15.0. The number of amidine groups is 1. The van der Waals surface area contributed by atoms with E-state index < -0.39 is 5.41 Å². The first-order valence-corrected chi connectivity index (χ1v) is 28.3. The molecule has 0 saturated heterocycles. The van der Waals surface area contributed by atoms with Crippen LogP contribution in [0.5, 0.6) is 0 Å². The van der Waals surface area contributed by atoms with Crippen LogP contribution in [0.1, 0.15) is 124 Å². The number of furan rings is 1. The molecular weight excluding hydrogens is 963 g/mol. The zero-order chi connectivity index (χ0) is 55.3. The molecule has 1 N–H and O–H groups in total. The Morgan fingerprint density at radius 3 is 2.47 bits per heavy atom. The van der Waals surface area contributed by atoms with Gasteiger partial charge in [0, 0.05) is 40.1 Å². The van der Waals surface area contributed by atoms with Crippen LogP contribution < -0.4 is 0 Å². The Morgan fingerprint density at radius 2 is 1.67 bits per heavy atom. The average molecular weight is 1040 g/mol. The van der Waals surface area contributed by atoms with Gasteiger partial charge in [-0.15, -0.1) is 0 Å². The van der Waals surface area contributed by atoms with Crippen molar-refractivity contribution in [3.05, 3.63) is 268 Å². The molecule has 0 amide bonds. The number of aliphatic imine (C=N–C) groups is 2. The summed E-state index contributed by atoms with van der Waals surface area (Å²) in [6, 6.07) is 34.4. The Kier molecular flexibility index (Phi) is 17.9. The van der Waals surface area contributed by atoms with Crippen LogP contribution in [0, 0.1) is 18.3 Å². The van der Waals surface area contributed by atoms with Crippen molar-refractivity contribution in [2.24, 2.45) is 15.9 Å². The fourth-order valence-electron chi connectivity index (χ4n) is 11.4. The second kappa shape index (κ2) is 25.7. The van der Waals surface area contributed by atoms with Crippen molar-refractivity contribution in [3.8, 4) is 22.6 Å². The van der Waals surface area contributed by atoms with Gasteiger partial charge in [-0.05, 0) is 127 Å². The normalized spacial score (nSPS) is 20.1. The molecule has 0 saturated carbocycles. The lowest BCUT2D eigenvalue weighted by Crippen LogP contribution is -2.27. The minimum atomic E-state index is -0.765. The number of hydrogen-bond acceptors (Lipinski definition) is 5. The first-order valence-electron chi connectivity index (χ1n) is 28.3. The highest BCUT2D eigenvalue weighted by Crippen LogP contribution is 2.67. The topological polar surface area (TPSA) is 87.5 Å². The second-order valence-electron chi connectivity index (χ2n) is 19.7. The van der Waals surface area contributed by atoms with Gasteiger partial charge in [0.2, 0.25) is 0 Å². The van der Waals surface area contributed by atoms with E-state index in [-0.39, 0.29) is 18.4 Å². The van der Waals surface area contributed by atoms with E-state index in [9.17, 15) is 5.41 Å². The number of benzene rings is 4. The molecule has 3 atom stereocenters. The summed E-state index contributed by atoms with van der Waals surface area (Å²) in [5.41, 5.74) is 16.6. The quantitative estimate of drug-likeness (QED) is 0.0752. The first kappa shape index (κ1) is 55.2. The Labute approximate surface area is 468 Å². The zero-order valence-electron chi connectivity index (χ0n) is 47.0. The summed E-state index contributed by atoms with van der Waals surface area (Å²) in [5, 5.41) is 10.9. The van der Waals surface area contributed by atoms with Gasteiger partial charge in [-0.2, -0.15) is 0 Å². The average Bonchev–Trinajstić information content (AvgIpc) is 2.67. The molecule has 3 unspecified atom stereocenters. The predicted octanol–water partition coefficient (Wildman–Crippen LogP) is 19.0. The van der Waals surface area contributed by atoms with Crippen LogP contribution in [0.25, 0.3) is 50.8 Å². The highest BCUT2D eigenvalue weighted by atomic mass is 16.3. The van der Waals surface area contributed by atoms with Crippen molar-refractivity contribution in [3.63, 3.8) is 0 Å². The molecule has 5 aliphatic carbocycles. The van der Waals surface area contributed by atoms with Crippen molar-refractivity contribution in [1.29, 1.82) is 5.41 Å². The third-order valence-electron chi connectivity index (χ3n) is 15.0. The standard InChI is InChI=1S/C69H61N5O.2C2H6/c1-5-8-9-21-29-54-40-53-36-39-59-65(66(53)75-54)57-38-35-52(64-43-63(48-32-30-46(4)31-33-48)73-68(74-64)50-27-19-14-20-28-50)42-61(57)69(59)58(7-3)55(22-6-2)56-37-34-51(41-60(56)69)62(70)45-72-67(49-25-17-12-13-18-26-49)71-44-47-23-15-10-11-16-24-47;2*1-2/h5-8,10-15,17,19-25,27-34,36-44,49,52,70H,2,9,16,18,26,35,45H2,1,3-4H3;2*1-2H3/b8-5-,29-21?,55-22-,58-7+,70-62?,71-44?,72-67?;;. The van der Waals surface area contributed by atoms with E-state index in [1.807, 2.05) is 71.2 Å². The molecule has 6 nitrogen and oxygen atoms in total. The van der Waals surface area contributed by atoms with E-state index in [1.165, 1.54) is 22.3 Å². The smallest absolute Gasteiger partial charge is 0.160 e. The number of nitrogens with zero attached hydrogens (tertiary/aromatic N) is 4. The lowest BCUT2D eigenvalue weighted by molar-refractivity contribution is 0.602. The molecule has 0 radical (unpaired) electrons. The number of nitrogens with one attached hydrogen (secondary N) is 1. The molecule has 1 spiro atoms. The molecule has 6 heteroatoms. The van der Waals surface area contributed by atoms with Gasteiger partial charge in [0.05, 0.1) is 29.1 Å². The summed E-state index contributed by atoms with van der Waals surface area (Å²) in [6.07, 6.45) is 44.9. The van der Waals surface area contributed by atoms with Crippen molar-refractivity contribution in [1.82, 2.24) is 9.97 Å². The number of fused-ring (bicyclic) bond motifs is 9. The molecule has 2 heterocycles. The van der Waals surface area contributed by atoms with Crippen molar-refractivity contribution >= 4 is 46.0 Å². The van der Waals surface area contributed by atoms with Crippen LogP contribution in [-0.4, -0.2) is 34.3 Å². The van der Waals surface area contributed by atoms with Crippen LogP contribution in [0.15, 0.2) is 238 Å². The molecule has 6 aromatic rings. The van der Waals surface area contributed by atoms with Crippen LogP contribution in [0.2, 0.25) is 0 Å². The number of aromatic nitrogens is 2. The van der Waals surface area contributed by atoms with Crippen LogP contribution in [0.3, 0.4) is 0 Å². The first-order chi connectivity index (χ1) is 38.9. The maximum absolute atomic E-state index is 9.81. The molecule has 79 heavy (non-hydrogen) atoms. The molecule has 11 rings (SSSR count). The van der Waals surface area contributed by atoms with Crippen molar-refractivity contribution < 1.29 is 4.42 Å². The SMILES string of the molecule is C=C/C=C1\C(=C/C)C2(C3=CC(c4cc(-c5ccc(C)cc5)nc(-c5ccccc5)n4)CC=C3c3c2ccc2cc(C=CC/C=C\C)oc32)c2cc(C(=N)CN=C(N=CC3=CCC=CC=C3)C3C=CC=CCC3)ccc21.CC.CC.